The summed E-state index contributed by atoms with van der Waals surface area (Å²) in [4.78, 5) is 11.8. The zero-order chi connectivity index (χ0) is 12.8. The average Bonchev–Trinajstić information content (AvgIpc) is 2.67. The van der Waals surface area contributed by atoms with Gasteiger partial charge in [0.15, 0.2) is 5.76 Å². The van der Waals surface area contributed by atoms with Crippen molar-refractivity contribution >= 4 is 5.97 Å². The molecule has 1 aromatic heterocycles. The molecule has 0 aliphatic carbocycles. The van der Waals surface area contributed by atoms with Crippen LogP contribution >= 0.6 is 0 Å². The topological polar surface area (TPSA) is 52.3 Å². The maximum Gasteiger partial charge on any atom is 0.317 e. The Morgan fingerprint density at radius 2 is 2.18 bits per heavy atom. The molecule has 1 rings (SSSR count). The standard InChI is InChI=1S/C13H21NO3/c1-5-7-10-8-11(17-14-10)12(9(3)4)13(15)16-6-2/h8-9,12H,5-7H2,1-4H3. The summed E-state index contributed by atoms with van der Waals surface area (Å²) in [5, 5.41) is 3.97. The summed E-state index contributed by atoms with van der Waals surface area (Å²) in [5.74, 6) is 0.160. The molecule has 0 spiro atoms. The fourth-order valence-electron chi connectivity index (χ4n) is 1.80. The molecular formula is C13H21NO3. The normalized spacial score (nSPS) is 12.8. The summed E-state index contributed by atoms with van der Waals surface area (Å²) in [6.07, 6.45) is 1.88. The second-order valence-electron chi connectivity index (χ2n) is 4.44. The summed E-state index contributed by atoms with van der Waals surface area (Å²) in [6.45, 7) is 8.23. The first kappa shape index (κ1) is 13.7. The number of hydrogen-bond acceptors (Lipinski definition) is 4. The number of aryl methyl sites for hydroxylation is 1. The number of esters is 1. The van der Waals surface area contributed by atoms with Crippen LogP contribution in [0.1, 0.15) is 51.5 Å². The van der Waals surface area contributed by atoms with E-state index in [0.717, 1.165) is 18.5 Å². The molecule has 0 aliphatic rings. The van der Waals surface area contributed by atoms with E-state index in [-0.39, 0.29) is 17.8 Å². The summed E-state index contributed by atoms with van der Waals surface area (Å²) in [6, 6.07) is 1.87. The van der Waals surface area contributed by atoms with Crippen LogP contribution in [0.2, 0.25) is 0 Å². The van der Waals surface area contributed by atoms with Gasteiger partial charge in [0.1, 0.15) is 5.92 Å². The third-order valence-corrected chi connectivity index (χ3v) is 2.60. The van der Waals surface area contributed by atoms with Gasteiger partial charge in [-0.3, -0.25) is 4.79 Å². The Labute approximate surface area is 102 Å². The summed E-state index contributed by atoms with van der Waals surface area (Å²) >= 11 is 0. The van der Waals surface area contributed by atoms with Gasteiger partial charge in [-0.15, -0.1) is 0 Å². The molecule has 4 nitrogen and oxygen atoms in total. The van der Waals surface area contributed by atoms with E-state index in [2.05, 4.69) is 12.1 Å². The molecule has 0 bridgehead atoms. The third-order valence-electron chi connectivity index (χ3n) is 2.60. The van der Waals surface area contributed by atoms with Crippen LogP contribution in [0, 0.1) is 5.92 Å². The second kappa shape index (κ2) is 6.42. The Kier molecular flexibility index (Phi) is 5.19. The number of carbonyl (C=O) groups excluding carboxylic acids is 1. The molecule has 96 valence electrons. The fourth-order valence-corrected chi connectivity index (χ4v) is 1.80. The molecule has 0 fully saturated rings. The minimum absolute atomic E-state index is 0.136. The van der Waals surface area contributed by atoms with Gasteiger partial charge < -0.3 is 9.26 Å². The van der Waals surface area contributed by atoms with E-state index >= 15 is 0 Å². The van der Waals surface area contributed by atoms with Crippen LogP contribution in [0.25, 0.3) is 0 Å². The zero-order valence-corrected chi connectivity index (χ0v) is 11.0. The van der Waals surface area contributed by atoms with Gasteiger partial charge in [-0.1, -0.05) is 32.3 Å². The minimum atomic E-state index is -0.354. The van der Waals surface area contributed by atoms with Crippen molar-refractivity contribution < 1.29 is 14.1 Å². The SMILES string of the molecule is CCCc1cc(C(C(=O)OCC)C(C)C)on1. The van der Waals surface area contributed by atoms with Gasteiger partial charge in [-0.25, -0.2) is 0 Å². The first-order valence-corrected chi connectivity index (χ1v) is 6.22. The molecule has 0 amide bonds. The van der Waals surface area contributed by atoms with Gasteiger partial charge in [-0.2, -0.15) is 0 Å². The highest BCUT2D eigenvalue weighted by atomic mass is 16.5. The van der Waals surface area contributed by atoms with Crippen molar-refractivity contribution in [2.24, 2.45) is 5.92 Å². The molecule has 0 aromatic carbocycles. The van der Waals surface area contributed by atoms with E-state index in [0.29, 0.717) is 12.4 Å². The van der Waals surface area contributed by atoms with Crippen molar-refractivity contribution in [1.29, 1.82) is 0 Å². The van der Waals surface area contributed by atoms with Crippen LogP contribution < -0.4 is 0 Å². The van der Waals surface area contributed by atoms with Crippen LogP contribution in [0.4, 0.5) is 0 Å². The monoisotopic (exact) mass is 239 g/mol. The molecule has 0 radical (unpaired) electrons. The molecule has 17 heavy (non-hydrogen) atoms. The van der Waals surface area contributed by atoms with Crippen LogP contribution in [0.5, 0.6) is 0 Å². The van der Waals surface area contributed by atoms with Crippen molar-refractivity contribution in [1.82, 2.24) is 5.16 Å². The second-order valence-corrected chi connectivity index (χ2v) is 4.44. The van der Waals surface area contributed by atoms with Crippen LogP contribution in [0.15, 0.2) is 10.6 Å². The van der Waals surface area contributed by atoms with Crippen LogP contribution in [0.3, 0.4) is 0 Å². The van der Waals surface area contributed by atoms with Crippen LogP contribution in [-0.4, -0.2) is 17.7 Å². The summed E-state index contributed by atoms with van der Waals surface area (Å²) in [5.41, 5.74) is 0.900. The maximum atomic E-state index is 11.8. The van der Waals surface area contributed by atoms with Crippen molar-refractivity contribution in [2.45, 2.75) is 46.5 Å². The molecule has 1 aromatic rings. The number of carbonyl (C=O) groups is 1. The first-order valence-electron chi connectivity index (χ1n) is 6.22. The molecule has 1 atom stereocenters. The maximum absolute atomic E-state index is 11.8. The molecular weight excluding hydrogens is 218 g/mol. The number of hydrogen-bond donors (Lipinski definition) is 0. The number of nitrogens with zero attached hydrogens (tertiary/aromatic N) is 1. The Morgan fingerprint density at radius 3 is 2.71 bits per heavy atom. The number of aromatic nitrogens is 1. The lowest BCUT2D eigenvalue weighted by Gasteiger charge is -2.15. The van der Waals surface area contributed by atoms with Gasteiger partial charge in [-0.05, 0) is 19.3 Å². The van der Waals surface area contributed by atoms with Crippen molar-refractivity contribution in [3.05, 3.63) is 17.5 Å². The van der Waals surface area contributed by atoms with E-state index < -0.39 is 0 Å². The number of ether oxygens (including phenoxy) is 1. The van der Waals surface area contributed by atoms with E-state index in [4.69, 9.17) is 9.26 Å². The summed E-state index contributed by atoms with van der Waals surface area (Å²) in [7, 11) is 0. The van der Waals surface area contributed by atoms with E-state index in [9.17, 15) is 4.79 Å². The Morgan fingerprint density at radius 1 is 1.47 bits per heavy atom. The fraction of sp³-hybridized carbons (Fsp3) is 0.692. The van der Waals surface area contributed by atoms with Gasteiger partial charge in [0.05, 0.1) is 12.3 Å². The van der Waals surface area contributed by atoms with Crippen molar-refractivity contribution in [3.8, 4) is 0 Å². The molecule has 1 unspecified atom stereocenters. The predicted molar refractivity (Wildman–Crippen MR) is 64.7 cm³/mol. The Hall–Kier alpha value is -1.32. The minimum Gasteiger partial charge on any atom is -0.465 e. The van der Waals surface area contributed by atoms with Gasteiger partial charge in [0, 0.05) is 6.07 Å². The van der Waals surface area contributed by atoms with E-state index in [1.54, 1.807) is 6.92 Å². The largest absolute Gasteiger partial charge is 0.465 e. The Balaban J connectivity index is 2.85. The van der Waals surface area contributed by atoms with Crippen LogP contribution in [-0.2, 0) is 16.0 Å². The highest BCUT2D eigenvalue weighted by molar-refractivity contribution is 5.77. The molecule has 1 heterocycles. The van der Waals surface area contributed by atoms with Gasteiger partial charge >= 0.3 is 5.97 Å². The van der Waals surface area contributed by atoms with E-state index in [1.807, 2.05) is 19.9 Å². The molecule has 0 saturated carbocycles. The Bertz CT molecular complexity index is 357. The molecule has 0 N–H and O–H groups in total. The summed E-state index contributed by atoms with van der Waals surface area (Å²) < 4.78 is 10.3. The molecule has 4 heteroatoms. The van der Waals surface area contributed by atoms with Gasteiger partial charge in [0.25, 0.3) is 0 Å². The van der Waals surface area contributed by atoms with Crippen molar-refractivity contribution in [2.75, 3.05) is 6.61 Å². The lowest BCUT2D eigenvalue weighted by Crippen LogP contribution is -2.20. The van der Waals surface area contributed by atoms with Gasteiger partial charge in [0.2, 0.25) is 0 Å². The highest BCUT2D eigenvalue weighted by Crippen LogP contribution is 2.26. The predicted octanol–water partition coefficient (Wildman–Crippen LogP) is 2.93. The average molecular weight is 239 g/mol. The van der Waals surface area contributed by atoms with Crippen molar-refractivity contribution in [3.63, 3.8) is 0 Å². The first-order chi connectivity index (χ1) is 8.10. The third kappa shape index (κ3) is 3.58. The zero-order valence-electron chi connectivity index (χ0n) is 11.0. The molecule has 0 saturated heterocycles. The smallest absolute Gasteiger partial charge is 0.317 e. The lowest BCUT2D eigenvalue weighted by molar-refractivity contribution is -0.146. The van der Waals surface area contributed by atoms with E-state index in [1.165, 1.54) is 0 Å². The quantitative estimate of drug-likeness (QED) is 0.716. The highest BCUT2D eigenvalue weighted by Gasteiger charge is 2.29. The lowest BCUT2D eigenvalue weighted by atomic mass is 9.93. The molecule has 0 aliphatic heterocycles. The number of rotatable bonds is 6.